The van der Waals surface area contributed by atoms with Crippen molar-refractivity contribution < 1.29 is 0 Å². The Hall–Kier alpha value is -0.0400. The predicted molar refractivity (Wildman–Crippen MR) is 83.7 cm³/mol. The molecule has 0 aromatic heterocycles. The maximum atomic E-state index is 3.35. The van der Waals surface area contributed by atoms with Gasteiger partial charge in [0.25, 0.3) is 0 Å². The molecule has 0 aliphatic rings. The minimum atomic E-state index is 1.14. The molecule has 1 radical (unpaired) electrons. The van der Waals surface area contributed by atoms with E-state index in [1.165, 1.54) is 83.6 Å². The van der Waals surface area contributed by atoms with Crippen molar-refractivity contribution in [1.82, 2.24) is 5.32 Å². The lowest BCUT2D eigenvalue weighted by atomic mass is 10.1. The number of hydrogen-bond acceptors (Lipinski definition) is 1. The van der Waals surface area contributed by atoms with Gasteiger partial charge in [0, 0.05) is 6.54 Å². The summed E-state index contributed by atoms with van der Waals surface area (Å²) in [5.74, 6) is 0. The van der Waals surface area contributed by atoms with E-state index in [4.69, 9.17) is 0 Å². The van der Waals surface area contributed by atoms with Crippen molar-refractivity contribution in [3.05, 3.63) is 6.54 Å². The Morgan fingerprint density at radius 3 is 1.50 bits per heavy atom. The molecule has 1 nitrogen and oxygen atoms in total. The van der Waals surface area contributed by atoms with Crippen molar-refractivity contribution in [2.45, 2.75) is 97.3 Å². The van der Waals surface area contributed by atoms with Crippen LogP contribution in [0.4, 0.5) is 0 Å². The van der Waals surface area contributed by atoms with E-state index < -0.39 is 0 Å². The molecule has 0 spiro atoms. The van der Waals surface area contributed by atoms with Crippen molar-refractivity contribution in [3.8, 4) is 0 Å². The molecule has 18 heavy (non-hydrogen) atoms. The van der Waals surface area contributed by atoms with Crippen LogP contribution >= 0.6 is 0 Å². The Bertz CT molecular complexity index is 118. The second kappa shape index (κ2) is 17.0. The zero-order chi connectivity index (χ0) is 13.3. The van der Waals surface area contributed by atoms with Crippen molar-refractivity contribution >= 4 is 0 Å². The Kier molecular flexibility index (Phi) is 16.9. The van der Waals surface area contributed by atoms with Crippen LogP contribution in [0.3, 0.4) is 0 Å². The van der Waals surface area contributed by atoms with Gasteiger partial charge in [-0.3, -0.25) is 0 Å². The third-order valence-corrected chi connectivity index (χ3v) is 3.52. The van der Waals surface area contributed by atoms with Gasteiger partial charge in [-0.25, -0.2) is 0 Å². The normalized spacial score (nSPS) is 11.0. The van der Waals surface area contributed by atoms with Gasteiger partial charge in [-0.15, -0.1) is 0 Å². The van der Waals surface area contributed by atoms with Crippen LogP contribution in [-0.2, 0) is 0 Å². The van der Waals surface area contributed by atoms with Crippen LogP contribution in [-0.4, -0.2) is 6.54 Å². The summed E-state index contributed by atoms with van der Waals surface area (Å²) >= 11 is 0. The fourth-order valence-corrected chi connectivity index (χ4v) is 2.31. The van der Waals surface area contributed by atoms with E-state index >= 15 is 0 Å². The number of rotatable bonds is 15. The summed E-state index contributed by atoms with van der Waals surface area (Å²) in [4.78, 5) is 0. The van der Waals surface area contributed by atoms with Crippen LogP contribution in [0.1, 0.15) is 97.3 Å². The summed E-state index contributed by atoms with van der Waals surface area (Å²) in [5.41, 5.74) is 0. The van der Waals surface area contributed by atoms with Gasteiger partial charge in [0.1, 0.15) is 0 Å². The highest BCUT2D eigenvalue weighted by Gasteiger charge is 1.93. The highest BCUT2D eigenvalue weighted by molar-refractivity contribution is 4.58. The maximum Gasteiger partial charge on any atom is 0.0218 e. The van der Waals surface area contributed by atoms with Crippen LogP contribution in [0, 0.1) is 6.54 Å². The second-order valence-corrected chi connectivity index (χ2v) is 5.46. The van der Waals surface area contributed by atoms with Crippen molar-refractivity contribution in [2.75, 3.05) is 6.54 Å². The van der Waals surface area contributed by atoms with Gasteiger partial charge in [0.05, 0.1) is 0 Å². The van der Waals surface area contributed by atoms with E-state index in [0.717, 1.165) is 6.42 Å². The van der Waals surface area contributed by atoms with Gasteiger partial charge < -0.3 is 5.32 Å². The standard InChI is InChI=1S/C17H36N/c1-3-5-6-7-8-9-10-11-12-13-14-15-17-18-16-4-2/h16,18H,3-15,17H2,1-2H3. The first-order valence-electron chi connectivity index (χ1n) is 8.46. The minimum absolute atomic E-state index is 1.14. The molecule has 0 amide bonds. The molecule has 109 valence electrons. The lowest BCUT2D eigenvalue weighted by molar-refractivity contribution is 0.540. The van der Waals surface area contributed by atoms with E-state index in [2.05, 4.69) is 25.7 Å². The molecule has 0 heterocycles. The molecule has 0 fully saturated rings. The minimum Gasteiger partial charge on any atom is -0.312 e. The van der Waals surface area contributed by atoms with E-state index in [1.807, 2.05) is 0 Å². The third kappa shape index (κ3) is 16.0. The molecule has 0 aromatic carbocycles. The van der Waals surface area contributed by atoms with Gasteiger partial charge in [-0.1, -0.05) is 84.5 Å². The van der Waals surface area contributed by atoms with Crippen LogP contribution in [0.15, 0.2) is 0 Å². The van der Waals surface area contributed by atoms with Crippen LogP contribution in [0.2, 0.25) is 0 Å². The molecule has 0 saturated carbocycles. The number of unbranched alkanes of at least 4 members (excludes halogenated alkanes) is 11. The van der Waals surface area contributed by atoms with Crippen LogP contribution < -0.4 is 5.32 Å². The van der Waals surface area contributed by atoms with Crippen LogP contribution in [0.25, 0.3) is 0 Å². The third-order valence-electron chi connectivity index (χ3n) is 3.52. The lowest BCUT2D eigenvalue weighted by Crippen LogP contribution is -2.10. The molecule has 0 unspecified atom stereocenters. The topological polar surface area (TPSA) is 12.0 Å². The Balaban J connectivity index is 2.86. The zero-order valence-electron chi connectivity index (χ0n) is 13.0. The molecule has 0 aliphatic carbocycles. The molecule has 0 atom stereocenters. The summed E-state index contributed by atoms with van der Waals surface area (Å²) in [6.07, 6.45) is 18.4. The molecule has 0 aliphatic heterocycles. The summed E-state index contributed by atoms with van der Waals surface area (Å²) in [6.45, 7) is 7.80. The summed E-state index contributed by atoms with van der Waals surface area (Å²) in [7, 11) is 0. The fraction of sp³-hybridized carbons (Fsp3) is 0.941. The summed E-state index contributed by atoms with van der Waals surface area (Å²) < 4.78 is 0. The fourth-order valence-electron chi connectivity index (χ4n) is 2.31. The molecule has 0 bridgehead atoms. The predicted octanol–water partition coefficient (Wildman–Crippen LogP) is 5.85. The summed E-state index contributed by atoms with van der Waals surface area (Å²) in [6, 6.07) is 0. The first-order chi connectivity index (χ1) is 8.91. The van der Waals surface area contributed by atoms with Crippen molar-refractivity contribution in [3.63, 3.8) is 0 Å². The highest BCUT2D eigenvalue weighted by Crippen LogP contribution is 2.11. The maximum absolute atomic E-state index is 3.35. The molecule has 1 N–H and O–H groups in total. The monoisotopic (exact) mass is 254 g/mol. The SMILES string of the molecule is CC[CH]NCCCCCCCCCCCCCC. The molecule has 1 heteroatoms. The van der Waals surface area contributed by atoms with E-state index in [1.54, 1.807) is 0 Å². The Morgan fingerprint density at radius 2 is 1.06 bits per heavy atom. The van der Waals surface area contributed by atoms with Gasteiger partial charge >= 0.3 is 0 Å². The smallest absolute Gasteiger partial charge is 0.0218 e. The first kappa shape index (κ1) is 18.0. The van der Waals surface area contributed by atoms with Gasteiger partial charge in [0.2, 0.25) is 0 Å². The lowest BCUT2D eigenvalue weighted by Gasteiger charge is -2.03. The Morgan fingerprint density at radius 1 is 0.611 bits per heavy atom. The van der Waals surface area contributed by atoms with E-state index in [0.29, 0.717) is 0 Å². The molecular weight excluding hydrogens is 218 g/mol. The van der Waals surface area contributed by atoms with Crippen molar-refractivity contribution in [2.24, 2.45) is 0 Å². The zero-order valence-corrected chi connectivity index (χ0v) is 13.0. The van der Waals surface area contributed by atoms with E-state index in [-0.39, 0.29) is 0 Å². The highest BCUT2D eigenvalue weighted by atomic mass is 14.8. The van der Waals surface area contributed by atoms with Gasteiger partial charge in [0.15, 0.2) is 0 Å². The summed E-state index contributed by atoms with van der Waals surface area (Å²) in [5, 5.41) is 3.35. The second-order valence-electron chi connectivity index (χ2n) is 5.46. The average Bonchev–Trinajstić information content (AvgIpc) is 2.39. The van der Waals surface area contributed by atoms with Crippen LogP contribution in [0.5, 0.6) is 0 Å². The first-order valence-corrected chi connectivity index (χ1v) is 8.46. The molecule has 0 rings (SSSR count). The largest absolute Gasteiger partial charge is 0.312 e. The molecular formula is C17H36N. The van der Waals surface area contributed by atoms with E-state index in [9.17, 15) is 0 Å². The average molecular weight is 254 g/mol. The van der Waals surface area contributed by atoms with Gasteiger partial charge in [-0.05, 0) is 19.4 Å². The quantitative estimate of drug-likeness (QED) is 0.361. The molecule has 0 aromatic rings. The van der Waals surface area contributed by atoms with Gasteiger partial charge in [-0.2, -0.15) is 0 Å². The molecule has 0 saturated heterocycles. The Labute approximate surface area is 116 Å². The number of nitrogens with one attached hydrogen (secondary N) is 1. The van der Waals surface area contributed by atoms with Crippen molar-refractivity contribution in [1.29, 1.82) is 0 Å². The number of hydrogen-bond donors (Lipinski definition) is 1.